The van der Waals surface area contributed by atoms with Crippen LogP contribution in [0.15, 0.2) is 24.3 Å². The molecule has 0 saturated heterocycles. The number of allylic oxidation sites excluding steroid dienone is 3. The summed E-state index contributed by atoms with van der Waals surface area (Å²) in [5, 5.41) is 18.5. The first-order chi connectivity index (χ1) is 11.9. The van der Waals surface area contributed by atoms with Crippen LogP contribution in [0.2, 0.25) is 0 Å². The van der Waals surface area contributed by atoms with E-state index in [1.807, 2.05) is 12.2 Å². The molecule has 0 aromatic rings. The molecule has 0 aliphatic carbocycles. The predicted molar refractivity (Wildman–Crippen MR) is 98.3 cm³/mol. The van der Waals surface area contributed by atoms with Gasteiger partial charge in [0.25, 0.3) is 0 Å². The maximum absolute atomic E-state index is 11.8. The third kappa shape index (κ3) is 12.3. The second-order valence-electron chi connectivity index (χ2n) is 6.38. The summed E-state index contributed by atoms with van der Waals surface area (Å²) in [5.74, 6) is -1.93. The molecular formula is C20H32O5. The van der Waals surface area contributed by atoms with Crippen molar-refractivity contribution in [2.24, 2.45) is 11.8 Å². The molecule has 0 spiro atoms. The number of unbranched alkanes of at least 4 members (excludes halogenated alkanes) is 3. The lowest BCUT2D eigenvalue weighted by Gasteiger charge is -2.16. The third-order valence-electron chi connectivity index (χ3n) is 4.09. The van der Waals surface area contributed by atoms with Gasteiger partial charge in [-0.25, -0.2) is 0 Å². The highest BCUT2D eigenvalue weighted by atomic mass is 16.4. The Bertz CT molecular complexity index is 453. The minimum absolute atomic E-state index is 0.103. The zero-order valence-electron chi connectivity index (χ0n) is 15.4. The van der Waals surface area contributed by atoms with Crippen LogP contribution in [0.4, 0.5) is 0 Å². The molecule has 0 fully saturated rings. The van der Waals surface area contributed by atoms with E-state index in [2.05, 4.69) is 6.92 Å². The van der Waals surface area contributed by atoms with Crippen molar-refractivity contribution in [1.29, 1.82) is 0 Å². The van der Waals surface area contributed by atoms with Crippen molar-refractivity contribution in [2.75, 3.05) is 0 Å². The van der Waals surface area contributed by atoms with Crippen molar-refractivity contribution in [3.63, 3.8) is 0 Å². The van der Waals surface area contributed by atoms with E-state index in [0.717, 1.165) is 25.5 Å². The summed E-state index contributed by atoms with van der Waals surface area (Å²) in [6.07, 6.45) is 12.6. The zero-order chi connectivity index (χ0) is 19.1. The van der Waals surface area contributed by atoms with E-state index in [0.29, 0.717) is 25.7 Å². The molecular weight excluding hydrogens is 320 g/mol. The van der Waals surface area contributed by atoms with E-state index in [9.17, 15) is 19.5 Å². The Morgan fingerprint density at radius 2 is 1.80 bits per heavy atom. The van der Waals surface area contributed by atoms with Crippen molar-refractivity contribution < 1.29 is 24.6 Å². The van der Waals surface area contributed by atoms with Gasteiger partial charge in [-0.05, 0) is 32.6 Å². The normalized spacial score (nSPS) is 15.3. The SMILES string of the molecule is CCCCC[C@@H](O)/C=C/[C@H](C(C)=O)[C@H](C=O)C/C=C\CCCC(=O)O. The fourth-order valence-electron chi connectivity index (χ4n) is 2.56. The van der Waals surface area contributed by atoms with Crippen molar-refractivity contribution in [2.45, 2.75) is 71.3 Å². The van der Waals surface area contributed by atoms with Crippen LogP contribution in [-0.4, -0.2) is 34.4 Å². The summed E-state index contributed by atoms with van der Waals surface area (Å²) in [5.41, 5.74) is 0. The summed E-state index contributed by atoms with van der Waals surface area (Å²) in [7, 11) is 0. The summed E-state index contributed by atoms with van der Waals surface area (Å²) < 4.78 is 0. The van der Waals surface area contributed by atoms with E-state index < -0.39 is 23.9 Å². The number of aliphatic carboxylic acids is 1. The van der Waals surface area contributed by atoms with Crippen LogP contribution < -0.4 is 0 Å². The first kappa shape index (κ1) is 23.2. The molecule has 0 radical (unpaired) electrons. The quantitative estimate of drug-likeness (QED) is 0.266. The lowest BCUT2D eigenvalue weighted by Crippen LogP contribution is -2.21. The van der Waals surface area contributed by atoms with E-state index in [1.165, 1.54) is 6.92 Å². The average molecular weight is 352 g/mol. The van der Waals surface area contributed by atoms with Crippen LogP contribution in [0, 0.1) is 11.8 Å². The van der Waals surface area contributed by atoms with E-state index in [4.69, 9.17) is 5.11 Å². The second-order valence-corrected chi connectivity index (χ2v) is 6.38. The Labute approximate surface area is 150 Å². The number of carboxylic acids is 1. The summed E-state index contributed by atoms with van der Waals surface area (Å²) >= 11 is 0. The van der Waals surface area contributed by atoms with E-state index in [-0.39, 0.29) is 12.2 Å². The number of carbonyl (C=O) groups is 3. The van der Waals surface area contributed by atoms with Crippen molar-refractivity contribution in [3.8, 4) is 0 Å². The van der Waals surface area contributed by atoms with Gasteiger partial charge in [0.1, 0.15) is 12.1 Å². The Hall–Kier alpha value is -1.75. The van der Waals surface area contributed by atoms with Gasteiger partial charge < -0.3 is 15.0 Å². The summed E-state index contributed by atoms with van der Waals surface area (Å²) in [6.45, 7) is 3.55. The number of ketones is 1. The van der Waals surface area contributed by atoms with Gasteiger partial charge in [-0.3, -0.25) is 9.59 Å². The number of hydrogen-bond acceptors (Lipinski definition) is 4. The highest BCUT2D eigenvalue weighted by molar-refractivity contribution is 5.83. The molecule has 0 bridgehead atoms. The van der Waals surface area contributed by atoms with Crippen LogP contribution >= 0.6 is 0 Å². The molecule has 5 nitrogen and oxygen atoms in total. The Morgan fingerprint density at radius 1 is 1.08 bits per heavy atom. The zero-order valence-corrected chi connectivity index (χ0v) is 15.4. The fraction of sp³-hybridized carbons (Fsp3) is 0.650. The van der Waals surface area contributed by atoms with Gasteiger partial charge in [0.15, 0.2) is 0 Å². The summed E-state index contributed by atoms with van der Waals surface area (Å²) in [6, 6.07) is 0. The standard InChI is InChI=1S/C20H32O5/c1-3-4-7-11-18(23)13-14-19(16(2)22)17(15-21)10-8-5-6-9-12-20(24)25/h5,8,13-15,17-19,23H,3-4,6-7,9-12H2,1-2H3,(H,24,25)/b8-5-,14-13+/t17-,18+,19+/m0/s1. The van der Waals surface area contributed by atoms with Crippen LogP contribution in [0.5, 0.6) is 0 Å². The van der Waals surface area contributed by atoms with Crippen LogP contribution in [0.1, 0.15) is 65.2 Å². The minimum Gasteiger partial charge on any atom is -0.481 e. The van der Waals surface area contributed by atoms with Crippen molar-refractivity contribution in [3.05, 3.63) is 24.3 Å². The van der Waals surface area contributed by atoms with Gasteiger partial charge in [-0.15, -0.1) is 0 Å². The lowest BCUT2D eigenvalue weighted by molar-refractivity contribution is -0.137. The maximum Gasteiger partial charge on any atom is 0.303 e. The monoisotopic (exact) mass is 352 g/mol. The average Bonchev–Trinajstić information content (AvgIpc) is 2.55. The fourth-order valence-corrected chi connectivity index (χ4v) is 2.56. The van der Waals surface area contributed by atoms with Gasteiger partial charge in [-0.2, -0.15) is 0 Å². The molecule has 0 saturated carbocycles. The van der Waals surface area contributed by atoms with Crippen LogP contribution in [-0.2, 0) is 14.4 Å². The topological polar surface area (TPSA) is 91.7 Å². The van der Waals surface area contributed by atoms with Gasteiger partial charge in [0.2, 0.25) is 0 Å². The van der Waals surface area contributed by atoms with Gasteiger partial charge in [0, 0.05) is 18.3 Å². The van der Waals surface area contributed by atoms with E-state index >= 15 is 0 Å². The second kappa shape index (κ2) is 14.6. The van der Waals surface area contributed by atoms with Crippen LogP contribution in [0.3, 0.4) is 0 Å². The number of aliphatic hydroxyl groups is 1. The molecule has 0 heterocycles. The molecule has 3 atom stereocenters. The number of aliphatic hydroxyl groups excluding tert-OH is 1. The number of rotatable bonds is 15. The molecule has 0 unspecified atom stereocenters. The highest BCUT2D eigenvalue weighted by Gasteiger charge is 2.22. The Kier molecular flexibility index (Phi) is 13.6. The van der Waals surface area contributed by atoms with Crippen LogP contribution in [0.25, 0.3) is 0 Å². The number of carbonyl (C=O) groups excluding carboxylic acids is 2. The van der Waals surface area contributed by atoms with Gasteiger partial charge in [0.05, 0.1) is 6.10 Å². The lowest BCUT2D eigenvalue weighted by atomic mass is 9.86. The molecule has 142 valence electrons. The first-order valence-electron chi connectivity index (χ1n) is 9.11. The van der Waals surface area contributed by atoms with Crippen molar-refractivity contribution in [1.82, 2.24) is 0 Å². The van der Waals surface area contributed by atoms with Crippen molar-refractivity contribution >= 4 is 18.0 Å². The number of hydrogen-bond donors (Lipinski definition) is 2. The number of aldehydes is 1. The van der Waals surface area contributed by atoms with Gasteiger partial charge >= 0.3 is 5.97 Å². The minimum atomic E-state index is -0.821. The molecule has 0 aliphatic rings. The molecule has 5 heteroatoms. The summed E-state index contributed by atoms with van der Waals surface area (Å²) in [4.78, 5) is 33.6. The molecule has 0 amide bonds. The molecule has 0 aliphatic heterocycles. The predicted octanol–water partition coefficient (Wildman–Crippen LogP) is 3.71. The largest absolute Gasteiger partial charge is 0.481 e. The number of carboxylic acid groups (broad SMARTS) is 1. The maximum atomic E-state index is 11.8. The number of Topliss-reactive ketones (excluding diaryl/α,β-unsaturated/α-hetero) is 1. The molecule has 2 N–H and O–H groups in total. The van der Waals surface area contributed by atoms with Gasteiger partial charge in [-0.1, -0.05) is 50.5 Å². The molecule has 25 heavy (non-hydrogen) atoms. The first-order valence-corrected chi connectivity index (χ1v) is 9.11. The third-order valence-corrected chi connectivity index (χ3v) is 4.09. The Morgan fingerprint density at radius 3 is 2.36 bits per heavy atom. The van der Waals surface area contributed by atoms with E-state index in [1.54, 1.807) is 12.2 Å². The molecule has 0 rings (SSSR count). The molecule has 0 aromatic heterocycles. The highest BCUT2D eigenvalue weighted by Crippen LogP contribution is 2.19. The Balaban J connectivity index is 4.53. The molecule has 0 aromatic carbocycles. The smallest absolute Gasteiger partial charge is 0.303 e.